The monoisotopic (exact) mass is 376 g/mol. The van der Waals surface area contributed by atoms with E-state index in [-0.39, 0.29) is 11.7 Å². The number of hydrogen-bond acceptors (Lipinski definition) is 4. The highest BCUT2D eigenvalue weighted by Gasteiger charge is 2.16. The van der Waals surface area contributed by atoms with E-state index in [1.54, 1.807) is 19.1 Å². The third kappa shape index (κ3) is 4.55. The van der Waals surface area contributed by atoms with Crippen LogP contribution in [0.2, 0.25) is 5.02 Å². The lowest BCUT2D eigenvalue weighted by Gasteiger charge is -2.13. The summed E-state index contributed by atoms with van der Waals surface area (Å²) in [5.74, 6) is -0.270. The van der Waals surface area contributed by atoms with Crippen molar-refractivity contribution in [1.82, 2.24) is 4.98 Å². The summed E-state index contributed by atoms with van der Waals surface area (Å²) in [4.78, 5) is 16.6. The molecule has 0 aliphatic heterocycles. The maximum atomic E-state index is 12.9. The van der Waals surface area contributed by atoms with Crippen LogP contribution < -0.4 is 10.1 Å². The zero-order chi connectivity index (χ0) is 17.8. The second-order valence-corrected chi connectivity index (χ2v) is 6.54. The number of benzene rings is 2. The number of thiazole rings is 1. The van der Waals surface area contributed by atoms with Gasteiger partial charge in [-0.05, 0) is 43.3 Å². The van der Waals surface area contributed by atoms with Crippen molar-refractivity contribution in [2.24, 2.45) is 0 Å². The Morgan fingerprint density at radius 2 is 1.88 bits per heavy atom. The zero-order valence-corrected chi connectivity index (χ0v) is 14.8. The van der Waals surface area contributed by atoms with E-state index in [4.69, 9.17) is 16.3 Å². The van der Waals surface area contributed by atoms with Crippen LogP contribution in [0, 0.1) is 5.82 Å². The number of nitrogens with zero attached hydrogens (tertiary/aromatic N) is 1. The molecule has 0 bridgehead atoms. The molecule has 25 heavy (non-hydrogen) atoms. The number of carbonyl (C=O) groups is 1. The number of aromatic nitrogens is 1. The molecule has 0 aliphatic rings. The molecular weight excluding hydrogens is 363 g/mol. The number of ether oxygens (including phenoxy) is 1. The Kier molecular flexibility index (Phi) is 5.31. The number of carbonyl (C=O) groups excluding carboxylic acids is 1. The summed E-state index contributed by atoms with van der Waals surface area (Å²) in [6.07, 6.45) is -0.742. The van der Waals surface area contributed by atoms with Gasteiger partial charge in [-0.25, -0.2) is 9.37 Å². The van der Waals surface area contributed by atoms with Crippen LogP contribution in [0.25, 0.3) is 11.3 Å². The van der Waals surface area contributed by atoms with E-state index in [0.717, 1.165) is 11.3 Å². The van der Waals surface area contributed by atoms with Gasteiger partial charge in [-0.2, -0.15) is 0 Å². The smallest absolute Gasteiger partial charge is 0.266 e. The van der Waals surface area contributed by atoms with Crippen molar-refractivity contribution in [3.63, 3.8) is 0 Å². The lowest BCUT2D eigenvalue weighted by molar-refractivity contribution is -0.122. The van der Waals surface area contributed by atoms with Gasteiger partial charge in [-0.15, -0.1) is 11.3 Å². The van der Waals surface area contributed by atoms with Gasteiger partial charge in [0.15, 0.2) is 11.2 Å². The Labute approximate surface area is 153 Å². The fourth-order valence-corrected chi connectivity index (χ4v) is 2.91. The first-order valence-electron chi connectivity index (χ1n) is 7.46. The van der Waals surface area contributed by atoms with Crippen molar-refractivity contribution >= 4 is 34.0 Å². The largest absolute Gasteiger partial charge is 0.481 e. The van der Waals surface area contributed by atoms with Gasteiger partial charge < -0.3 is 4.74 Å². The highest BCUT2D eigenvalue weighted by atomic mass is 35.5. The van der Waals surface area contributed by atoms with Crippen LogP contribution in [0.4, 0.5) is 9.52 Å². The number of nitrogens with one attached hydrogen (secondary N) is 1. The minimum atomic E-state index is -0.742. The average molecular weight is 377 g/mol. The van der Waals surface area contributed by atoms with Gasteiger partial charge in [0.05, 0.1) is 5.69 Å². The van der Waals surface area contributed by atoms with Crippen molar-refractivity contribution in [3.8, 4) is 17.0 Å². The summed E-state index contributed by atoms with van der Waals surface area (Å²) >= 11 is 7.20. The lowest BCUT2D eigenvalue weighted by Crippen LogP contribution is -2.30. The normalized spacial score (nSPS) is 11.8. The quantitative estimate of drug-likeness (QED) is 0.681. The average Bonchev–Trinajstić information content (AvgIpc) is 3.06. The van der Waals surface area contributed by atoms with Crippen molar-refractivity contribution in [1.29, 1.82) is 0 Å². The van der Waals surface area contributed by atoms with E-state index in [1.807, 2.05) is 17.5 Å². The van der Waals surface area contributed by atoms with Crippen LogP contribution in [-0.4, -0.2) is 17.0 Å². The molecule has 3 rings (SSSR count). The van der Waals surface area contributed by atoms with Crippen molar-refractivity contribution < 1.29 is 13.9 Å². The predicted molar refractivity (Wildman–Crippen MR) is 97.7 cm³/mol. The van der Waals surface area contributed by atoms with Gasteiger partial charge in [-0.1, -0.05) is 23.7 Å². The fraction of sp³-hybridized carbons (Fsp3) is 0.111. The Balaban J connectivity index is 1.62. The summed E-state index contributed by atoms with van der Waals surface area (Å²) in [5.41, 5.74) is 1.67. The van der Waals surface area contributed by atoms with E-state index < -0.39 is 6.10 Å². The molecule has 7 heteroatoms. The number of halogens is 2. The van der Waals surface area contributed by atoms with Gasteiger partial charge >= 0.3 is 0 Å². The molecule has 1 amide bonds. The summed E-state index contributed by atoms with van der Waals surface area (Å²) in [7, 11) is 0. The van der Waals surface area contributed by atoms with Gasteiger partial charge in [0.25, 0.3) is 5.91 Å². The first kappa shape index (κ1) is 17.4. The van der Waals surface area contributed by atoms with Gasteiger partial charge in [-0.3, -0.25) is 10.1 Å². The van der Waals surface area contributed by atoms with E-state index in [0.29, 0.717) is 15.9 Å². The molecule has 0 unspecified atom stereocenters. The molecule has 2 aromatic carbocycles. The first-order chi connectivity index (χ1) is 12.0. The maximum absolute atomic E-state index is 12.9. The summed E-state index contributed by atoms with van der Waals surface area (Å²) in [6, 6.07) is 12.8. The van der Waals surface area contributed by atoms with E-state index in [1.165, 1.54) is 35.6 Å². The number of amides is 1. The number of rotatable bonds is 5. The first-order valence-corrected chi connectivity index (χ1v) is 8.71. The molecule has 1 heterocycles. The molecule has 0 radical (unpaired) electrons. The second kappa shape index (κ2) is 7.63. The molecule has 1 atom stereocenters. The molecule has 3 aromatic rings. The molecular formula is C18H14ClFN2O2S. The Morgan fingerprint density at radius 3 is 2.56 bits per heavy atom. The molecule has 128 valence electrons. The van der Waals surface area contributed by atoms with Crippen LogP contribution >= 0.6 is 22.9 Å². The van der Waals surface area contributed by atoms with Crippen LogP contribution in [0.1, 0.15) is 6.92 Å². The number of anilines is 1. The third-order valence-electron chi connectivity index (χ3n) is 3.37. The van der Waals surface area contributed by atoms with Crippen molar-refractivity contribution in [2.75, 3.05) is 5.32 Å². The van der Waals surface area contributed by atoms with Crippen LogP contribution in [-0.2, 0) is 4.79 Å². The highest BCUT2D eigenvalue weighted by Crippen LogP contribution is 2.26. The van der Waals surface area contributed by atoms with Crippen LogP contribution in [0.15, 0.2) is 53.9 Å². The number of hydrogen-bond donors (Lipinski definition) is 1. The predicted octanol–water partition coefficient (Wildman–Crippen LogP) is 5.01. The Morgan fingerprint density at radius 1 is 1.20 bits per heavy atom. The van der Waals surface area contributed by atoms with Gasteiger partial charge in [0.2, 0.25) is 0 Å². The van der Waals surface area contributed by atoms with Gasteiger partial charge in [0, 0.05) is 16.0 Å². The Bertz CT molecular complexity index is 866. The van der Waals surface area contributed by atoms with Gasteiger partial charge in [0.1, 0.15) is 11.6 Å². The molecule has 1 aromatic heterocycles. The Hall–Kier alpha value is -2.44. The standard InChI is InChI=1S/C18H14ClFN2O2S/c1-11(24-15-8-6-14(20)7-9-15)17(23)22-18-21-16(10-25-18)12-2-4-13(19)5-3-12/h2-11H,1H3,(H,21,22,23)/t11-/m1/s1. The molecule has 4 nitrogen and oxygen atoms in total. The molecule has 0 fully saturated rings. The summed E-state index contributed by atoms with van der Waals surface area (Å²) < 4.78 is 18.4. The summed E-state index contributed by atoms with van der Waals surface area (Å²) in [5, 5.41) is 5.70. The van der Waals surface area contributed by atoms with Crippen LogP contribution in [0.3, 0.4) is 0 Å². The third-order valence-corrected chi connectivity index (χ3v) is 4.38. The SMILES string of the molecule is C[C@@H](Oc1ccc(F)cc1)C(=O)Nc1nc(-c2ccc(Cl)cc2)cs1. The molecule has 1 N–H and O–H groups in total. The molecule has 0 saturated carbocycles. The van der Waals surface area contributed by atoms with E-state index in [9.17, 15) is 9.18 Å². The highest BCUT2D eigenvalue weighted by molar-refractivity contribution is 7.14. The topological polar surface area (TPSA) is 51.2 Å². The van der Waals surface area contributed by atoms with E-state index in [2.05, 4.69) is 10.3 Å². The molecule has 0 saturated heterocycles. The fourth-order valence-electron chi connectivity index (χ4n) is 2.06. The minimum absolute atomic E-state index is 0.332. The van der Waals surface area contributed by atoms with Crippen molar-refractivity contribution in [3.05, 3.63) is 64.8 Å². The van der Waals surface area contributed by atoms with Crippen LogP contribution in [0.5, 0.6) is 5.75 Å². The summed E-state index contributed by atoms with van der Waals surface area (Å²) in [6.45, 7) is 1.62. The maximum Gasteiger partial charge on any atom is 0.266 e. The molecule has 0 aliphatic carbocycles. The lowest BCUT2D eigenvalue weighted by atomic mass is 10.2. The van der Waals surface area contributed by atoms with Crippen molar-refractivity contribution in [2.45, 2.75) is 13.0 Å². The van der Waals surface area contributed by atoms with E-state index >= 15 is 0 Å². The molecule has 0 spiro atoms. The minimum Gasteiger partial charge on any atom is -0.481 e. The zero-order valence-electron chi connectivity index (χ0n) is 13.2. The second-order valence-electron chi connectivity index (χ2n) is 5.25.